The Morgan fingerprint density at radius 3 is 2.44 bits per heavy atom. The Kier molecular flexibility index (Phi) is 4.15. The highest BCUT2D eigenvalue weighted by atomic mass is 79.9. The number of halogens is 1. The van der Waals surface area contributed by atoms with Gasteiger partial charge in [-0.25, -0.2) is 4.79 Å². The van der Waals surface area contributed by atoms with Gasteiger partial charge in [-0.1, -0.05) is 15.9 Å². The van der Waals surface area contributed by atoms with Gasteiger partial charge in [0.05, 0.1) is 11.1 Å². The second-order valence-electron chi connectivity index (χ2n) is 6.76. The highest BCUT2D eigenvalue weighted by Gasteiger charge is 2.40. The van der Waals surface area contributed by atoms with E-state index in [4.69, 9.17) is 9.15 Å². The van der Waals surface area contributed by atoms with Crippen LogP contribution in [0.1, 0.15) is 19.4 Å². The molecule has 1 N–H and O–H groups in total. The third-order valence-corrected chi connectivity index (χ3v) is 4.93. The van der Waals surface area contributed by atoms with Gasteiger partial charge in [0.15, 0.2) is 5.60 Å². The first kappa shape index (κ1) is 17.5. The number of benzene rings is 2. The van der Waals surface area contributed by atoms with Crippen molar-refractivity contribution in [2.75, 3.05) is 5.32 Å². The number of ether oxygens (including phenoxy) is 1. The molecule has 1 aliphatic heterocycles. The number of hydrogen-bond acceptors (Lipinski definition) is 5. The van der Waals surface area contributed by atoms with Crippen LogP contribution in [0.5, 0.6) is 5.75 Å². The van der Waals surface area contributed by atoms with Gasteiger partial charge >= 0.3 is 5.63 Å². The zero-order valence-corrected chi connectivity index (χ0v) is 16.3. The largest absolute Gasteiger partial charge is 0.479 e. The number of carbonyl (C=O) groups is 1. The summed E-state index contributed by atoms with van der Waals surface area (Å²) in [7, 11) is 0. The summed E-state index contributed by atoms with van der Waals surface area (Å²) in [6, 6.07) is 14.2. The summed E-state index contributed by atoms with van der Waals surface area (Å²) in [4.78, 5) is 24.8. The Morgan fingerprint density at radius 2 is 1.70 bits per heavy atom. The summed E-state index contributed by atoms with van der Waals surface area (Å²) in [6.45, 7) is 3.44. The molecular formula is C21H16BrNO4. The lowest BCUT2D eigenvalue weighted by Gasteiger charge is -2.32. The van der Waals surface area contributed by atoms with Crippen LogP contribution in [0.15, 0.2) is 68.4 Å². The topological polar surface area (TPSA) is 68.5 Å². The van der Waals surface area contributed by atoms with Crippen molar-refractivity contribution in [2.45, 2.75) is 19.4 Å². The van der Waals surface area contributed by atoms with E-state index in [0.29, 0.717) is 22.5 Å². The van der Waals surface area contributed by atoms with E-state index < -0.39 is 11.2 Å². The van der Waals surface area contributed by atoms with Gasteiger partial charge in [-0.2, -0.15) is 0 Å². The van der Waals surface area contributed by atoms with Crippen molar-refractivity contribution < 1.29 is 13.9 Å². The van der Waals surface area contributed by atoms with Crippen LogP contribution < -0.4 is 15.7 Å². The second kappa shape index (κ2) is 6.39. The Labute approximate surface area is 163 Å². The molecule has 3 aromatic rings. The minimum Gasteiger partial charge on any atom is -0.479 e. The minimum absolute atomic E-state index is 0.196. The molecule has 1 aliphatic rings. The summed E-state index contributed by atoms with van der Waals surface area (Å²) in [5, 5.41) is 3.87. The van der Waals surface area contributed by atoms with Crippen LogP contribution in [-0.4, -0.2) is 11.4 Å². The maximum absolute atomic E-state index is 13.1. The number of anilines is 1. The lowest BCUT2D eigenvalue weighted by atomic mass is 9.87. The molecule has 136 valence electrons. The fourth-order valence-electron chi connectivity index (χ4n) is 3.05. The van der Waals surface area contributed by atoms with Crippen LogP contribution >= 0.6 is 15.9 Å². The monoisotopic (exact) mass is 425 g/mol. The van der Waals surface area contributed by atoms with Crippen molar-refractivity contribution in [3.63, 3.8) is 0 Å². The summed E-state index contributed by atoms with van der Waals surface area (Å²) >= 11 is 3.40. The number of carbonyl (C=O) groups excluding carboxylic acids is 1. The van der Waals surface area contributed by atoms with Gasteiger partial charge in [0.25, 0.3) is 0 Å². The van der Waals surface area contributed by atoms with E-state index >= 15 is 0 Å². The molecule has 0 saturated carbocycles. The zero-order valence-electron chi connectivity index (χ0n) is 14.7. The zero-order chi connectivity index (χ0) is 19.2. The van der Waals surface area contributed by atoms with Crippen molar-refractivity contribution in [3.05, 3.63) is 75.2 Å². The van der Waals surface area contributed by atoms with Gasteiger partial charge < -0.3 is 14.5 Å². The van der Waals surface area contributed by atoms with E-state index in [-0.39, 0.29) is 5.78 Å². The molecule has 27 heavy (non-hydrogen) atoms. The number of rotatable bonds is 2. The van der Waals surface area contributed by atoms with Gasteiger partial charge in [-0.05, 0) is 56.3 Å². The van der Waals surface area contributed by atoms with Crippen LogP contribution in [0, 0.1) is 0 Å². The molecule has 0 radical (unpaired) electrons. The van der Waals surface area contributed by atoms with Crippen molar-refractivity contribution in [3.8, 4) is 5.75 Å². The molecule has 1 aromatic heterocycles. The SMILES string of the molecule is CC1(C)Oc2ccc3ccc(=O)oc3c2C(=CNc2ccc(Br)cc2)C1=O. The summed E-state index contributed by atoms with van der Waals surface area (Å²) in [5.41, 5.74) is 0.554. The Balaban J connectivity index is 1.91. The number of nitrogens with one attached hydrogen (secondary N) is 1. The quantitative estimate of drug-likeness (QED) is 0.473. The predicted molar refractivity (Wildman–Crippen MR) is 108 cm³/mol. The third kappa shape index (κ3) is 3.17. The molecule has 0 unspecified atom stereocenters. The molecule has 0 bridgehead atoms. The lowest BCUT2D eigenvalue weighted by Crippen LogP contribution is -2.42. The first-order valence-corrected chi connectivity index (χ1v) is 9.18. The van der Waals surface area contributed by atoms with Crippen molar-refractivity contribution in [1.82, 2.24) is 0 Å². The fourth-order valence-corrected chi connectivity index (χ4v) is 3.32. The normalized spacial score (nSPS) is 16.9. The summed E-state index contributed by atoms with van der Waals surface area (Å²) in [6.07, 6.45) is 1.64. The molecule has 0 atom stereocenters. The standard InChI is InChI=1S/C21H16BrNO4/c1-21(2)20(25)15(11-23-14-7-5-13(22)6-8-14)18-16(27-21)9-3-12-4-10-17(24)26-19(12)18/h3-11,23H,1-2H3. The van der Waals surface area contributed by atoms with Crippen molar-refractivity contribution in [1.29, 1.82) is 0 Å². The van der Waals surface area contributed by atoms with Crippen LogP contribution in [-0.2, 0) is 4.79 Å². The summed E-state index contributed by atoms with van der Waals surface area (Å²) < 4.78 is 12.3. The smallest absolute Gasteiger partial charge is 0.336 e. The average Bonchev–Trinajstić information content (AvgIpc) is 2.63. The van der Waals surface area contributed by atoms with E-state index in [0.717, 1.165) is 15.5 Å². The second-order valence-corrected chi connectivity index (χ2v) is 7.68. The van der Waals surface area contributed by atoms with Crippen LogP contribution in [0.25, 0.3) is 16.5 Å². The molecule has 4 rings (SSSR count). The molecule has 0 spiro atoms. The predicted octanol–water partition coefficient (Wildman–Crippen LogP) is 4.75. The van der Waals surface area contributed by atoms with E-state index in [1.165, 1.54) is 6.07 Å². The number of fused-ring (bicyclic) bond motifs is 3. The van der Waals surface area contributed by atoms with E-state index in [1.54, 1.807) is 32.2 Å². The molecule has 0 fully saturated rings. The molecule has 0 aliphatic carbocycles. The third-order valence-electron chi connectivity index (χ3n) is 4.40. The average molecular weight is 426 g/mol. The highest BCUT2D eigenvalue weighted by Crippen LogP contribution is 2.41. The van der Waals surface area contributed by atoms with Gasteiger partial charge in [-0.3, -0.25) is 4.79 Å². The van der Waals surface area contributed by atoms with Crippen LogP contribution in [0.4, 0.5) is 5.69 Å². The molecule has 2 heterocycles. The molecule has 5 nitrogen and oxygen atoms in total. The van der Waals surface area contributed by atoms with E-state index in [2.05, 4.69) is 21.2 Å². The molecule has 6 heteroatoms. The Hall–Kier alpha value is -2.86. The van der Waals surface area contributed by atoms with Gasteiger partial charge in [0, 0.05) is 27.8 Å². The molecule has 0 saturated heterocycles. The minimum atomic E-state index is -1.02. The number of Topliss-reactive ketones (excluding diaryl/α,β-unsaturated/α-hetero) is 1. The maximum Gasteiger partial charge on any atom is 0.336 e. The van der Waals surface area contributed by atoms with Crippen molar-refractivity contribution in [2.24, 2.45) is 0 Å². The molecule has 2 aromatic carbocycles. The number of ketones is 1. The van der Waals surface area contributed by atoms with Crippen LogP contribution in [0.3, 0.4) is 0 Å². The van der Waals surface area contributed by atoms with Crippen molar-refractivity contribution >= 4 is 43.9 Å². The highest BCUT2D eigenvalue weighted by molar-refractivity contribution is 9.10. The fraction of sp³-hybridized carbons (Fsp3) is 0.143. The maximum atomic E-state index is 13.1. The molecule has 0 amide bonds. The van der Waals surface area contributed by atoms with Gasteiger partial charge in [0.2, 0.25) is 5.78 Å². The first-order valence-electron chi connectivity index (χ1n) is 8.38. The first-order chi connectivity index (χ1) is 12.8. The lowest BCUT2D eigenvalue weighted by molar-refractivity contribution is -0.126. The van der Waals surface area contributed by atoms with Gasteiger partial charge in [-0.15, -0.1) is 0 Å². The Bertz CT molecular complexity index is 1140. The van der Waals surface area contributed by atoms with E-state index in [9.17, 15) is 9.59 Å². The Morgan fingerprint density at radius 1 is 1.00 bits per heavy atom. The molecular weight excluding hydrogens is 410 g/mol. The van der Waals surface area contributed by atoms with Gasteiger partial charge in [0.1, 0.15) is 11.3 Å². The van der Waals surface area contributed by atoms with Crippen LogP contribution in [0.2, 0.25) is 0 Å². The van der Waals surface area contributed by atoms with E-state index in [1.807, 2.05) is 30.3 Å². The number of hydrogen-bond donors (Lipinski definition) is 1. The summed E-state index contributed by atoms with van der Waals surface area (Å²) in [5.74, 6) is 0.309.